The molecule has 0 saturated heterocycles. The molecule has 1 atom stereocenters. The van der Waals surface area contributed by atoms with E-state index in [1.807, 2.05) is 30.3 Å². The second-order valence-corrected chi connectivity index (χ2v) is 10.7. The number of aromatic nitrogens is 4. The number of benzene rings is 2. The van der Waals surface area contributed by atoms with Gasteiger partial charge in [-0.15, -0.1) is 10.2 Å². The number of nitrogens with one attached hydrogen (secondary N) is 1. The van der Waals surface area contributed by atoms with Gasteiger partial charge in [0, 0.05) is 18.2 Å². The fraction of sp³-hybridized carbons (Fsp3) is 0.406. The van der Waals surface area contributed by atoms with Gasteiger partial charge in [-0.3, -0.25) is 9.59 Å². The molecule has 0 unspecified atom stereocenters. The molecule has 1 aliphatic rings. The lowest BCUT2D eigenvalue weighted by Crippen LogP contribution is -2.48. The SMILES string of the molecule is COc1ccc(-c2nnn(CC(=O)N(CCc3ccc(OC)c(OC)c3)[C@H](C(=O)NC3CCCCC3)c3ccco3)n2)cc1. The van der Waals surface area contributed by atoms with E-state index in [0.717, 1.165) is 43.2 Å². The molecule has 0 spiro atoms. The van der Waals surface area contributed by atoms with Gasteiger partial charge in [-0.05, 0) is 78.6 Å². The van der Waals surface area contributed by atoms with Crippen LogP contribution in [0.15, 0.2) is 65.3 Å². The maximum Gasteiger partial charge on any atom is 0.250 e. The van der Waals surface area contributed by atoms with E-state index < -0.39 is 6.04 Å². The van der Waals surface area contributed by atoms with Gasteiger partial charge in [0.25, 0.3) is 5.91 Å². The molecule has 1 saturated carbocycles. The Balaban J connectivity index is 1.41. The van der Waals surface area contributed by atoms with E-state index in [-0.39, 0.29) is 30.9 Å². The Labute approximate surface area is 256 Å². The first-order chi connectivity index (χ1) is 21.5. The molecule has 0 bridgehead atoms. The molecular formula is C32H38N6O6. The number of ether oxygens (including phenoxy) is 3. The van der Waals surface area contributed by atoms with Crippen molar-refractivity contribution in [3.8, 4) is 28.6 Å². The summed E-state index contributed by atoms with van der Waals surface area (Å²) in [6, 6.07) is 15.3. The van der Waals surface area contributed by atoms with Crippen LogP contribution >= 0.6 is 0 Å². The van der Waals surface area contributed by atoms with Crippen LogP contribution in [0.3, 0.4) is 0 Å². The lowest BCUT2D eigenvalue weighted by atomic mass is 9.95. The van der Waals surface area contributed by atoms with Crippen LogP contribution in [0.5, 0.6) is 17.2 Å². The van der Waals surface area contributed by atoms with Gasteiger partial charge in [-0.2, -0.15) is 4.80 Å². The number of nitrogens with zero attached hydrogens (tertiary/aromatic N) is 5. The molecule has 2 aromatic carbocycles. The van der Waals surface area contributed by atoms with E-state index in [9.17, 15) is 9.59 Å². The quantitative estimate of drug-likeness (QED) is 0.239. The average molecular weight is 603 g/mol. The van der Waals surface area contributed by atoms with Crippen molar-refractivity contribution in [2.45, 2.75) is 57.2 Å². The molecule has 1 aliphatic carbocycles. The van der Waals surface area contributed by atoms with Crippen LogP contribution in [0.4, 0.5) is 0 Å². The zero-order valence-electron chi connectivity index (χ0n) is 25.3. The lowest BCUT2D eigenvalue weighted by Gasteiger charge is -2.32. The van der Waals surface area contributed by atoms with Crippen molar-refractivity contribution in [3.05, 3.63) is 72.2 Å². The molecule has 12 heteroatoms. The third-order valence-corrected chi connectivity index (χ3v) is 7.81. The zero-order valence-corrected chi connectivity index (χ0v) is 25.3. The molecule has 2 aromatic heterocycles. The van der Waals surface area contributed by atoms with Crippen molar-refractivity contribution in [3.63, 3.8) is 0 Å². The van der Waals surface area contributed by atoms with Crippen LogP contribution in [0, 0.1) is 0 Å². The first-order valence-electron chi connectivity index (χ1n) is 14.8. The summed E-state index contributed by atoms with van der Waals surface area (Å²) in [7, 11) is 4.75. The minimum atomic E-state index is -0.982. The third-order valence-electron chi connectivity index (χ3n) is 7.81. The summed E-state index contributed by atoms with van der Waals surface area (Å²) in [6.45, 7) is 0.000803. The van der Waals surface area contributed by atoms with Gasteiger partial charge < -0.3 is 28.8 Å². The van der Waals surface area contributed by atoms with E-state index in [4.69, 9.17) is 18.6 Å². The Kier molecular flexibility index (Phi) is 10.1. The van der Waals surface area contributed by atoms with Crippen LogP contribution in [0.2, 0.25) is 0 Å². The normalized spacial score (nSPS) is 14.1. The Morgan fingerprint density at radius 1 is 1.00 bits per heavy atom. The van der Waals surface area contributed by atoms with Gasteiger partial charge >= 0.3 is 0 Å². The second kappa shape index (κ2) is 14.5. The highest BCUT2D eigenvalue weighted by Crippen LogP contribution is 2.29. The number of carbonyl (C=O) groups is 2. The van der Waals surface area contributed by atoms with Crippen molar-refractivity contribution in [2.75, 3.05) is 27.9 Å². The summed E-state index contributed by atoms with van der Waals surface area (Å²) < 4.78 is 21.8. The molecule has 0 aliphatic heterocycles. The van der Waals surface area contributed by atoms with Crippen molar-refractivity contribution in [1.29, 1.82) is 0 Å². The van der Waals surface area contributed by atoms with Crippen LogP contribution < -0.4 is 19.5 Å². The molecule has 2 heterocycles. The van der Waals surface area contributed by atoms with Gasteiger partial charge in [-0.1, -0.05) is 25.3 Å². The Bertz CT molecular complexity index is 1510. The summed E-state index contributed by atoms with van der Waals surface area (Å²) in [5.41, 5.74) is 1.64. The number of hydrogen-bond acceptors (Lipinski definition) is 9. The summed E-state index contributed by atoms with van der Waals surface area (Å²) in [5.74, 6) is 2.01. The maximum absolute atomic E-state index is 14.0. The first-order valence-corrected chi connectivity index (χ1v) is 14.8. The van der Waals surface area contributed by atoms with E-state index in [1.165, 1.54) is 16.0 Å². The summed E-state index contributed by atoms with van der Waals surface area (Å²) in [6.07, 6.45) is 7.06. The topological polar surface area (TPSA) is 134 Å². The van der Waals surface area contributed by atoms with E-state index in [1.54, 1.807) is 45.6 Å². The lowest BCUT2D eigenvalue weighted by molar-refractivity contribution is -0.142. The minimum absolute atomic E-state index is 0.0561. The van der Waals surface area contributed by atoms with Crippen molar-refractivity contribution in [2.24, 2.45) is 0 Å². The molecule has 12 nitrogen and oxygen atoms in total. The number of carbonyl (C=O) groups excluding carboxylic acids is 2. The highest BCUT2D eigenvalue weighted by atomic mass is 16.5. The third kappa shape index (κ3) is 7.36. The van der Waals surface area contributed by atoms with Crippen molar-refractivity contribution >= 4 is 11.8 Å². The number of tetrazole rings is 1. The number of furan rings is 1. The maximum atomic E-state index is 14.0. The molecule has 0 radical (unpaired) electrons. The van der Waals surface area contributed by atoms with Gasteiger partial charge in [-0.25, -0.2) is 0 Å². The molecule has 2 amide bonds. The first kappa shape index (κ1) is 30.6. The van der Waals surface area contributed by atoms with Gasteiger partial charge in [0.15, 0.2) is 17.5 Å². The standard InChI is InChI=1S/C32H38N6O6/c1-41-25-14-12-23(13-15-25)31-34-36-38(35-31)21-29(39)37(18-17-22-11-16-26(42-2)28(20-22)43-3)30(27-10-7-19-44-27)32(40)33-24-8-5-4-6-9-24/h7,10-16,19-20,24,30H,4-6,8-9,17-18,21H2,1-3H3,(H,33,40)/t30-/m0/s1. The minimum Gasteiger partial charge on any atom is -0.497 e. The fourth-order valence-electron chi connectivity index (χ4n) is 5.46. The van der Waals surface area contributed by atoms with Gasteiger partial charge in [0.2, 0.25) is 11.7 Å². The highest BCUT2D eigenvalue weighted by molar-refractivity contribution is 5.88. The predicted molar refractivity (Wildman–Crippen MR) is 161 cm³/mol. The number of amides is 2. The van der Waals surface area contributed by atoms with E-state index >= 15 is 0 Å². The van der Waals surface area contributed by atoms with Gasteiger partial charge in [0.1, 0.15) is 18.1 Å². The number of methoxy groups -OCH3 is 3. The monoisotopic (exact) mass is 602 g/mol. The van der Waals surface area contributed by atoms with E-state index in [2.05, 4.69) is 20.7 Å². The van der Waals surface area contributed by atoms with Crippen LogP contribution in [-0.4, -0.2) is 70.8 Å². The predicted octanol–water partition coefficient (Wildman–Crippen LogP) is 4.22. The Morgan fingerprint density at radius 3 is 2.45 bits per heavy atom. The number of rotatable bonds is 13. The van der Waals surface area contributed by atoms with E-state index in [0.29, 0.717) is 35.3 Å². The molecule has 232 valence electrons. The molecule has 1 N–H and O–H groups in total. The molecule has 44 heavy (non-hydrogen) atoms. The van der Waals surface area contributed by atoms with Crippen LogP contribution in [0.1, 0.15) is 49.5 Å². The second-order valence-electron chi connectivity index (χ2n) is 10.7. The molecule has 5 rings (SSSR count). The molecular weight excluding hydrogens is 564 g/mol. The average Bonchev–Trinajstić information content (AvgIpc) is 3.76. The van der Waals surface area contributed by atoms with Crippen LogP contribution in [0.25, 0.3) is 11.4 Å². The smallest absolute Gasteiger partial charge is 0.250 e. The molecule has 4 aromatic rings. The zero-order chi connectivity index (χ0) is 30.9. The van der Waals surface area contributed by atoms with Gasteiger partial charge in [0.05, 0.1) is 27.6 Å². The summed E-state index contributed by atoms with van der Waals surface area (Å²) in [5, 5.41) is 15.9. The highest BCUT2D eigenvalue weighted by Gasteiger charge is 2.35. The van der Waals surface area contributed by atoms with Crippen LogP contribution in [-0.2, 0) is 22.6 Å². The largest absolute Gasteiger partial charge is 0.497 e. The summed E-state index contributed by atoms with van der Waals surface area (Å²) >= 11 is 0. The van der Waals surface area contributed by atoms with Crippen molar-refractivity contribution in [1.82, 2.24) is 30.4 Å². The van der Waals surface area contributed by atoms with Crippen molar-refractivity contribution < 1.29 is 28.2 Å². The number of hydrogen-bond donors (Lipinski definition) is 1. The molecule has 1 fully saturated rings. The Hall–Kier alpha value is -4.87. The Morgan fingerprint density at radius 2 is 1.77 bits per heavy atom. The summed E-state index contributed by atoms with van der Waals surface area (Å²) in [4.78, 5) is 30.7. The fourth-order valence-corrected chi connectivity index (χ4v) is 5.46.